The monoisotopic (exact) mass is 302 g/mol. The Morgan fingerprint density at radius 1 is 1.18 bits per heavy atom. The predicted octanol–water partition coefficient (Wildman–Crippen LogP) is 0.970. The van der Waals surface area contributed by atoms with Crippen LogP contribution in [0.5, 0.6) is 5.88 Å². The van der Waals surface area contributed by atoms with Gasteiger partial charge in [0.15, 0.2) is 0 Å². The van der Waals surface area contributed by atoms with Crippen molar-refractivity contribution in [1.29, 1.82) is 0 Å². The van der Waals surface area contributed by atoms with Gasteiger partial charge in [-0.15, -0.1) is 0 Å². The van der Waals surface area contributed by atoms with E-state index in [0.29, 0.717) is 17.3 Å². The lowest BCUT2D eigenvalue weighted by Crippen LogP contribution is -2.41. The zero-order valence-electron chi connectivity index (χ0n) is 13.4. The fraction of sp³-hybridized carbons (Fsp3) is 0.500. The van der Waals surface area contributed by atoms with Gasteiger partial charge in [-0.05, 0) is 33.8 Å². The molecule has 0 N–H and O–H groups in total. The third-order valence-corrected chi connectivity index (χ3v) is 4.18. The van der Waals surface area contributed by atoms with Crippen LogP contribution in [0, 0.1) is 0 Å². The molecular weight excluding hydrogens is 283 g/mol. The smallest absolute Gasteiger partial charge is 0.481 e. The van der Waals surface area contributed by atoms with Crippen molar-refractivity contribution in [3.8, 4) is 11.8 Å². The molecule has 116 valence electrons. The largest absolute Gasteiger partial charge is 0.502 e. The van der Waals surface area contributed by atoms with Gasteiger partial charge in [0, 0.05) is 18.6 Å². The van der Waals surface area contributed by atoms with Gasteiger partial charge >= 0.3 is 7.12 Å². The maximum absolute atomic E-state index is 6.02. The molecule has 22 heavy (non-hydrogen) atoms. The highest BCUT2D eigenvalue weighted by Gasteiger charge is 2.52. The lowest BCUT2D eigenvalue weighted by Gasteiger charge is -2.32. The SMILES string of the molecule is COc1nc(-n2cccn2)ncc1B1OC(C)(C)C(C)(C)O1. The van der Waals surface area contributed by atoms with Gasteiger partial charge in [0.25, 0.3) is 5.95 Å². The van der Waals surface area contributed by atoms with Crippen molar-refractivity contribution in [2.24, 2.45) is 0 Å². The Morgan fingerprint density at radius 3 is 2.41 bits per heavy atom. The quantitative estimate of drug-likeness (QED) is 0.787. The highest BCUT2D eigenvalue weighted by molar-refractivity contribution is 6.63. The van der Waals surface area contributed by atoms with E-state index < -0.39 is 18.3 Å². The van der Waals surface area contributed by atoms with Gasteiger partial charge in [-0.3, -0.25) is 0 Å². The van der Waals surface area contributed by atoms with Crippen LogP contribution in [-0.2, 0) is 9.31 Å². The second-order valence-corrected chi connectivity index (χ2v) is 6.17. The van der Waals surface area contributed by atoms with Gasteiger partial charge < -0.3 is 14.0 Å². The summed E-state index contributed by atoms with van der Waals surface area (Å²) in [6, 6.07) is 1.80. The molecule has 0 spiro atoms. The van der Waals surface area contributed by atoms with Gasteiger partial charge in [-0.1, -0.05) is 0 Å². The number of rotatable bonds is 3. The molecule has 0 radical (unpaired) electrons. The highest BCUT2D eigenvalue weighted by Crippen LogP contribution is 2.36. The summed E-state index contributed by atoms with van der Waals surface area (Å²) in [6.07, 6.45) is 5.09. The third kappa shape index (κ3) is 2.38. The average Bonchev–Trinajstić information content (AvgIpc) is 3.05. The van der Waals surface area contributed by atoms with Crippen LogP contribution in [0.25, 0.3) is 5.95 Å². The van der Waals surface area contributed by atoms with Gasteiger partial charge in [0.05, 0.1) is 23.8 Å². The molecule has 0 bridgehead atoms. The highest BCUT2D eigenvalue weighted by atomic mass is 16.7. The summed E-state index contributed by atoms with van der Waals surface area (Å²) in [4.78, 5) is 8.70. The predicted molar refractivity (Wildman–Crippen MR) is 81.4 cm³/mol. The van der Waals surface area contributed by atoms with Crippen molar-refractivity contribution in [3.63, 3.8) is 0 Å². The molecule has 0 aliphatic carbocycles. The molecule has 7 nitrogen and oxygen atoms in total. The molecule has 0 amide bonds. The second kappa shape index (κ2) is 5.07. The normalized spacial score (nSPS) is 19.4. The van der Waals surface area contributed by atoms with Crippen molar-refractivity contribution < 1.29 is 14.0 Å². The number of methoxy groups -OCH3 is 1. The molecule has 0 unspecified atom stereocenters. The summed E-state index contributed by atoms with van der Waals surface area (Å²) in [5.74, 6) is 0.848. The number of hydrogen-bond acceptors (Lipinski definition) is 6. The molecule has 3 rings (SSSR count). The van der Waals surface area contributed by atoms with E-state index in [0.717, 1.165) is 0 Å². The first-order valence-electron chi connectivity index (χ1n) is 7.11. The summed E-state index contributed by atoms with van der Waals surface area (Å²) in [6.45, 7) is 7.99. The minimum atomic E-state index is -0.563. The van der Waals surface area contributed by atoms with Crippen LogP contribution in [0.2, 0.25) is 0 Å². The Kier molecular flexibility index (Phi) is 3.45. The zero-order valence-corrected chi connectivity index (χ0v) is 13.4. The molecule has 1 aliphatic heterocycles. The Hall–Kier alpha value is -1.93. The van der Waals surface area contributed by atoms with Crippen molar-refractivity contribution >= 4 is 12.6 Å². The molecule has 0 atom stereocenters. The van der Waals surface area contributed by atoms with Crippen LogP contribution in [0.4, 0.5) is 0 Å². The molecular formula is C14H19BN4O3. The van der Waals surface area contributed by atoms with Gasteiger partial charge in [0.2, 0.25) is 5.88 Å². The third-order valence-electron chi connectivity index (χ3n) is 4.18. The molecule has 3 heterocycles. The van der Waals surface area contributed by atoms with Crippen LogP contribution in [0.15, 0.2) is 24.7 Å². The first-order chi connectivity index (χ1) is 10.3. The van der Waals surface area contributed by atoms with E-state index in [-0.39, 0.29) is 0 Å². The van der Waals surface area contributed by atoms with E-state index in [1.165, 1.54) is 0 Å². The van der Waals surface area contributed by atoms with Crippen molar-refractivity contribution in [1.82, 2.24) is 19.7 Å². The Bertz CT molecular complexity index is 657. The fourth-order valence-corrected chi connectivity index (χ4v) is 2.16. The number of hydrogen-bond donors (Lipinski definition) is 0. The van der Waals surface area contributed by atoms with E-state index in [2.05, 4.69) is 15.1 Å². The molecule has 1 fully saturated rings. The van der Waals surface area contributed by atoms with Gasteiger partial charge in [-0.25, -0.2) is 9.67 Å². The molecule has 0 saturated carbocycles. The van der Waals surface area contributed by atoms with E-state index in [1.54, 1.807) is 36.4 Å². The minimum absolute atomic E-state index is 0.416. The maximum atomic E-state index is 6.02. The number of nitrogens with zero attached hydrogens (tertiary/aromatic N) is 4. The molecule has 8 heteroatoms. The zero-order chi connectivity index (χ0) is 16.0. The Labute approximate surface area is 129 Å². The summed E-state index contributed by atoms with van der Waals surface area (Å²) in [7, 11) is 0.996. The number of ether oxygens (including phenoxy) is 1. The summed E-state index contributed by atoms with van der Waals surface area (Å²) in [5.41, 5.74) is -0.191. The standard InChI is InChI=1S/C14H19BN4O3/c1-13(2)14(3,4)22-15(21-13)10-9-16-12(18-11(10)20-5)19-8-6-7-17-19/h6-9H,1-5H3. The summed E-state index contributed by atoms with van der Waals surface area (Å²) in [5, 5.41) is 4.11. The lowest BCUT2D eigenvalue weighted by atomic mass is 9.81. The van der Waals surface area contributed by atoms with Gasteiger partial charge in [-0.2, -0.15) is 10.1 Å². The van der Waals surface area contributed by atoms with E-state index in [1.807, 2.05) is 27.7 Å². The maximum Gasteiger partial charge on any atom is 0.502 e. The van der Waals surface area contributed by atoms with Crippen LogP contribution in [-0.4, -0.2) is 45.2 Å². The minimum Gasteiger partial charge on any atom is -0.481 e. The molecule has 2 aromatic heterocycles. The molecule has 1 saturated heterocycles. The fourth-order valence-electron chi connectivity index (χ4n) is 2.16. The number of aromatic nitrogens is 4. The Morgan fingerprint density at radius 2 is 1.86 bits per heavy atom. The van der Waals surface area contributed by atoms with E-state index >= 15 is 0 Å². The van der Waals surface area contributed by atoms with Crippen molar-refractivity contribution in [3.05, 3.63) is 24.7 Å². The topological polar surface area (TPSA) is 71.3 Å². The molecule has 2 aromatic rings. The van der Waals surface area contributed by atoms with Crippen LogP contribution < -0.4 is 10.2 Å². The van der Waals surface area contributed by atoms with Crippen LogP contribution in [0.1, 0.15) is 27.7 Å². The van der Waals surface area contributed by atoms with Crippen molar-refractivity contribution in [2.45, 2.75) is 38.9 Å². The van der Waals surface area contributed by atoms with Gasteiger partial charge in [0.1, 0.15) is 0 Å². The Balaban J connectivity index is 1.95. The second-order valence-electron chi connectivity index (χ2n) is 6.17. The summed E-state index contributed by atoms with van der Waals surface area (Å²) >= 11 is 0. The van der Waals surface area contributed by atoms with E-state index in [9.17, 15) is 0 Å². The van der Waals surface area contributed by atoms with Crippen LogP contribution in [0.3, 0.4) is 0 Å². The molecule has 1 aliphatic rings. The summed E-state index contributed by atoms with van der Waals surface area (Å²) < 4.78 is 19.0. The van der Waals surface area contributed by atoms with E-state index in [4.69, 9.17) is 14.0 Å². The van der Waals surface area contributed by atoms with Crippen molar-refractivity contribution in [2.75, 3.05) is 7.11 Å². The van der Waals surface area contributed by atoms with Crippen LogP contribution >= 0.6 is 0 Å². The average molecular weight is 302 g/mol. The first-order valence-corrected chi connectivity index (χ1v) is 7.11. The first kappa shape index (κ1) is 15.0. The lowest BCUT2D eigenvalue weighted by molar-refractivity contribution is 0.00578. The molecule has 0 aromatic carbocycles.